The van der Waals surface area contributed by atoms with E-state index in [4.69, 9.17) is 5.11 Å². The standard InChI is InChI=1S/C11H18N2O2/c1-7(10(14)15)5-8-6-12-13-9(8)11(2,3)4/h6-7H,5H2,1-4H3,(H,12,13)(H,14,15). The smallest absolute Gasteiger partial charge is 0.306 e. The topological polar surface area (TPSA) is 66.0 Å². The van der Waals surface area contributed by atoms with E-state index in [1.54, 1.807) is 13.1 Å². The molecule has 4 nitrogen and oxygen atoms in total. The summed E-state index contributed by atoms with van der Waals surface area (Å²) in [4.78, 5) is 10.8. The van der Waals surface area contributed by atoms with Crippen molar-refractivity contribution >= 4 is 5.97 Å². The van der Waals surface area contributed by atoms with Crippen LogP contribution in [0.5, 0.6) is 0 Å². The molecule has 0 aliphatic carbocycles. The zero-order valence-electron chi connectivity index (χ0n) is 9.66. The molecule has 1 aromatic rings. The van der Waals surface area contributed by atoms with Gasteiger partial charge in [0, 0.05) is 11.1 Å². The van der Waals surface area contributed by atoms with Crippen molar-refractivity contribution < 1.29 is 9.90 Å². The second kappa shape index (κ2) is 4.04. The number of hydrogen-bond donors (Lipinski definition) is 2. The van der Waals surface area contributed by atoms with Crippen LogP contribution >= 0.6 is 0 Å². The molecule has 0 fully saturated rings. The molecule has 15 heavy (non-hydrogen) atoms. The van der Waals surface area contributed by atoms with Gasteiger partial charge in [-0.25, -0.2) is 0 Å². The van der Waals surface area contributed by atoms with E-state index >= 15 is 0 Å². The first-order valence-electron chi connectivity index (χ1n) is 5.08. The van der Waals surface area contributed by atoms with Gasteiger partial charge >= 0.3 is 5.97 Å². The van der Waals surface area contributed by atoms with Gasteiger partial charge in [0.05, 0.1) is 12.1 Å². The van der Waals surface area contributed by atoms with Crippen molar-refractivity contribution in [1.82, 2.24) is 10.2 Å². The molecule has 84 valence electrons. The second-order valence-corrected chi connectivity index (χ2v) is 4.96. The number of aromatic nitrogens is 2. The van der Waals surface area contributed by atoms with E-state index in [0.29, 0.717) is 6.42 Å². The third kappa shape index (κ3) is 2.81. The van der Waals surface area contributed by atoms with Crippen LogP contribution in [0.25, 0.3) is 0 Å². The molecule has 1 rings (SSSR count). The Hall–Kier alpha value is -1.32. The fourth-order valence-corrected chi connectivity index (χ4v) is 1.53. The molecule has 1 unspecified atom stereocenters. The molecule has 2 N–H and O–H groups in total. The Morgan fingerprint density at radius 1 is 1.60 bits per heavy atom. The zero-order valence-corrected chi connectivity index (χ0v) is 9.66. The van der Waals surface area contributed by atoms with Crippen LogP contribution in [0.1, 0.15) is 39.0 Å². The number of carboxylic acids is 1. The van der Waals surface area contributed by atoms with E-state index in [2.05, 4.69) is 31.0 Å². The maximum absolute atomic E-state index is 10.8. The summed E-state index contributed by atoms with van der Waals surface area (Å²) >= 11 is 0. The molecule has 0 bridgehead atoms. The highest BCUT2D eigenvalue weighted by Crippen LogP contribution is 2.25. The predicted octanol–water partition coefficient (Wildman–Crippen LogP) is 1.97. The van der Waals surface area contributed by atoms with Crippen molar-refractivity contribution in [2.24, 2.45) is 5.92 Å². The number of aromatic amines is 1. The van der Waals surface area contributed by atoms with Crippen molar-refractivity contribution in [2.45, 2.75) is 39.5 Å². The van der Waals surface area contributed by atoms with Crippen LogP contribution in [0.2, 0.25) is 0 Å². The monoisotopic (exact) mass is 210 g/mol. The van der Waals surface area contributed by atoms with Crippen LogP contribution in [0.4, 0.5) is 0 Å². The quantitative estimate of drug-likeness (QED) is 0.801. The van der Waals surface area contributed by atoms with Gasteiger partial charge in [0.1, 0.15) is 0 Å². The number of carbonyl (C=O) groups is 1. The summed E-state index contributed by atoms with van der Waals surface area (Å²) in [6.45, 7) is 7.95. The molecule has 1 aromatic heterocycles. The number of nitrogens with zero attached hydrogens (tertiary/aromatic N) is 1. The lowest BCUT2D eigenvalue weighted by atomic mass is 9.87. The van der Waals surface area contributed by atoms with Crippen LogP contribution in [0.3, 0.4) is 0 Å². The minimum Gasteiger partial charge on any atom is -0.481 e. The summed E-state index contributed by atoms with van der Waals surface area (Å²) in [5.74, 6) is -1.14. The molecule has 0 aliphatic rings. The summed E-state index contributed by atoms with van der Waals surface area (Å²) in [5.41, 5.74) is 2.00. The van der Waals surface area contributed by atoms with E-state index in [1.807, 2.05) is 0 Å². The normalized spacial score (nSPS) is 13.9. The Balaban J connectivity index is 2.87. The number of nitrogens with one attached hydrogen (secondary N) is 1. The minimum atomic E-state index is -0.768. The van der Waals surface area contributed by atoms with Gasteiger partial charge in [-0.1, -0.05) is 27.7 Å². The second-order valence-electron chi connectivity index (χ2n) is 4.96. The number of H-pyrrole nitrogens is 1. The van der Waals surface area contributed by atoms with Gasteiger partial charge in [-0.2, -0.15) is 5.10 Å². The first-order chi connectivity index (χ1) is 6.82. The molecule has 0 aliphatic heterocycles. The lowest BCUT2D eigenvalue weighted by Crippen LogP contribution is -2.18. The zero-order chi connectivity index (χ0) is 11.6. The molecular formula is C11H18N2O2. The molecule has 1 atom stereocenters. The largest absolute Gasteiger partial charge is 0.481 e. The van der Waals surface area contributed by atoms with Crippen molar-refractivity contribution in [3.63, 3.8) is 0 Å². The van der Waals surface area contributed by atoms with E-state index in [-0.39, 0.29) is 11.3 Å². The molecule has 0 radical (unpaired) electrons. The van der Waals surface area contributed by atoms with Crippen LogP contribution in [-0.4, -0.2) is 21.3 Å². The third-order valence-corrected chi connectivity index (χ3v) is 2.42. The van der Waals surface area contributed by atoms with Gasteiger partial charge < -0.3 is 5.11 Å². The third-order valence-electron chi connectivity index (χ3n) is 2.42. The maximum Gasteiger partial charge on any atom is 0.306 e. The highest BCUT2D eigenvalue weighted by molar-refractivity contribution is 5.69. The highest BCUT2D eigenvalue weighted by Gasteiger charge is 2.22. The van der Waals surface area contributed by atoms with Gasteiger partial charge in [-0.05, 0) is 12.0 Å². The van der Waals surface area contributed by atoms with Gasteiger partial charge in [0.2, 0.25) is 0 Å². The van der Waals surface area contributed by atoms with Crippen molar-refractivity contribution in [1.29, 1.82) is 0 Å². The van der Waals surface area contributed by atoms with E-state index in [9.17, 15) is 4.79 Å². The summed E-state index contributed by atoms with van der Waals surface area (Å²) in [5, 5.41) is 15.8. The minimum absolute atomic E-state index is 0.0238. The number of rotatable bonds is 3. The van der Waals surface area contributed by atoms with Gasteiger partial charge in [-0.3, -0.25) is 9.89 Å². The molecule has 1 heterocycles. The van der Waals surface area contributed by atoms with Crippen LogP contribution in [-0.2, 0) is 16.6 Å². The molecular weight excluding hydrogens is 192 g/mol. The van der Waals surface area contributed by atoms with Crippen LogP contribution in [0.15, 0.2) is 6.20 Å². The van der Waals surface area contributed by atoms with Gasteiger partial charge in [0.15, 0.2) is 0 Å². The lowest BCUT2D eigenvalue weighted by Gasteiger charge is -2.19. The van der Waals surface area contributed by atoms with Gasteiger partial charge in [0.25, 0.3) is 0 Å². The average Bonchev–Trinajstić information content (AvgIpc) is 2.50. The molecule has 0 saturated heterocycles. The predicted molar refractivity (Wildman–Crippen MR) is 57.8 cm³/mol. The summed E-state index contributed by atoms with van der Waals surface area (Å²) in [7, 11) is 0. The Kier molecular flexibility index (Phi) is 3.17. The molecule has 0 saturated carbocycles. The highest BCUT2D eigenvalue weighted by atomic mass is 16.4. The molecule has 0 spiro atoms. The summed E-state index contributed by atoms with van der Waals surface area (Å²) in [6, 6.07) is 0. The Morgan fingerprint density at radius 3 is 2.67 bits per heavy atom. The van der Waals surface area contributed by atoms with Crippen LogP contribution < -0.4 is 0 Å². The van der Waals surface area contributed by atoms with E-state index in [1.165, 1.54) is 0 Å². The Labute approximate surface area is 89.7 Å². The van der Waals surface area contributed by atoms with E-state index in [0.717, 1.165) is 11.3 Å². The molecule has 0 aromatic carbocycles. The van der Waals surface area contributed by atoms with Crippen molar-refractivity contribution in [3.05, 3.63) is 17.5 Å². The maximum atomic E-state index is 10.8. The molecule has 0 amide bonds. The number of hydrogen-bond acceptors (Lipinski definition) is 2. The first-order valence-corrected chi connectivity index (χ1v) is 5.08. The van der Waals surface area contributed by atoms with Gasteiger partial charge in [-0.15, -0.1) is 0 Å². The summed E-state index contributed by atoms with van der Waals surface area (Å²) in [6.07, 6.45) is 2.25. The fourth-order valence-electron chi connectivity index (χ4n) is 1.53. The van der Waals surface area contributed by atoms with E-state index < -0.39 is 5.97 Å². The lowest BCUT2D eigenvalue weighted by molar-refractivity contribution is -0.141. The SMILES string of the molecule is CC(Cc1cn[nH]c1C(C)(C)C)C(=O)O. The van der Waals surface area contributed by atoms with Crippen molar-refractivity contribution in [2.75, 3.05) is 0 Å². The Bertz CT molecular complexity index is 350. The van der Waals surface area contributed by atoms with Crippen LogP contribution in [0, 0.1) is 5.92 Å². The Morgan fingerprint density at radius 2 is 2.20 bits per heavy atom. The fraction of sp³-hybridized carbons (Fsp3) is 0.636. The first kappa shape index (κ1) is 11.8. The van der Waals surface area contributed by atoms with Crippen molar-refractivity contribution in [3.8, 4) is 0 Å². The molecule has 4 heteroatoms. The number of aliphatic carboxylic acids is 1. The summed E-state index contributed by atoms with van der Waals surface area (Å²) < 4.78 is 0. The average molecular weight is 210 g/mol. The number of carboxylic acid groups (broad SMARTS) is 1.